The molecule has 3 rings (SSSR count). The number of amides is 1. The van der Waals surface area contributed by atoms with Crippen LogP contribution in [0.5, 0.6) is 0 Å². The van der Waals surface area contributed by atoms with E-state index >= 15 is 0 Å². The highest BCUT2D eigenvalue weighted by atomic mass is 16.1. The van der Waals surface area contributed by atoms with E-state index in [1.165, 1.54) is 11.6 Å². The molecule has 0 saturated heterocycles. The summed E-state index contributed by atoms with van der Waals surface area (Å²) in [4.78, 5) is 12.1. The van der Waals surface area contributed by atoms with Crippen LogP contribution in [0, 0.1) is 0 Å². The molecule has 0 unspecified atom stereocenters. The summed E-state index contributed by atoms with van der Waals surface area (Å²) in [6.07, 6.45) is 10.6. The normalized spacial score (nSPS) is 11.4. The second-order valence-corrected chi connectivity index (χ2v) is 6.77. The Balaban J connectivity index is 1.55. The zero-order valence-corrected chi connectivity index (χ0v) is 16.0. The number of aromatic nitrogens is 4. The highest BCUT2D eigenvalue weighted by molar-refractivity contribution is 6.01. The van der Waals surface area contributed by atoms with E-state index in [0.717, 1.165) is 17.7 Å². The van der Waals surface area contributed by atoms with Gasteiger partial charge in [0.15, 0.2) is 0 Å². The van der Waals surface area contributed by atoms with Crippen LogP contribution in [0.4, 0.5) is 5.69 Å². The van der Waals surface area contributed by atoms with Gasteiger partial charge in [0.25, 0.3) is 0 Å². The summed E-state index contributed by atoms with van der Waals surface area (Å²) in [5, 5.41) is 11.4. The van der Waals surface area contributed by atoms with Crippen LogP contribution < -0.4 is 5.32 Å². The number of carbonyl (C=O) groups excluding carboxylic acids is 1. The maximum atomic E-state index is 12.1. The molecule has 140 valence electrons. The first-order valence-electron chi connectivity index (χ1n) is 9.16. The molecule has 0 aliphatic carbocycles. The molecule has 0 spiro atoms. The average molecular weight is 363 g/mol. The predicted octanol–water partition coefficient (Wildman–Crippen LogP) is 3.92. The maximum Gasteiger partial charge on any atom is 0.248 e. The fourth-order valence-corrected chi connectivity index (χ4v) is 2.71. The molecular formula is C21H25N5O. The van der Waals surface area contributed by atoms with Gasteiger partial charge in [0.05, 0.1) is 24.6 Å². The van der Waals surface area contributed by atoms with E-state index in [0.29, 0.717) is 18.2 Å². The molecule has 0 aliphatic heterocycles. The molecule has 2 heterocycles. The first kappa shape index (κ1) is 18.6. The number of nitrogens with zero attached hydrogens (tertiary/aromatic N) is 4. The van der Waals surface area contributed by atoms with Gasteiger partial charge in [-0.2, -0.15) is 10.2 Å². The molecule has 0 bridgehead atoms. The van der Waals surface area contributed by atoms with Crippen molar-refractivity contribution in [3.63, 3.8) is 0 Å². The molecule has 2 aromatic heterocycles. The van der Waals surface area contributed by atoms with Gasteiger partial charge >= 0.3 is 0 Å². The molecular weight excluding hydrogens is 338 g/mol. The van der Waals surface area contributed by atoms with E-state index < -0.39 is 0 Å². The van der Waals surface area contributed by atoms with Gasteiger partial charge < -0.3 is 5.32 Å². The summed E-state index contributed by atoms with van der Waals surface area (Å²) in [7, 11) is 0. The van der Waals surface area contributed by atoms with Crippen LogP contribution in [0.2, 0.25) is 0 Å². The Labute approximate surface area is 159 Å². The van der Waals surface area contributed by atoms with Crippen LogP contribution in [-0.4, -0.2) is 25.5 Å². The van der Waals surface area contributed by atoms with Gasteiger partial charge in [-0.3, -0.25) is 14.2 Å². The molecule has 6 heteroatoms. The van der Waals surface area contributed by atoms with E-state index in [-0.39, 0.29) is 5.91 Å². The minimum absolute atomic E-state index is 0.179. The monoisotopic (exact) mass is 363 g/mol. The average Bonchev–Trinajstić information content (AvgIpc) is 3.30. The predicted molar refractivity (Wildman–Crippen MR) is 107 cm³/mol. The molecule has 0 saturated carbocycles. The van der Waals surface area contributed by atoms with Gasteiger partial charge in [-0.15, -0.1) is 0 Å². The number of nitrogens with one attached hydrogen (secondary N) is 1. The van der Waals surface area contributed by atoms with Crippen molar-refractivity contribution >= 4 is 17.7 Å². The number of benzene rings is 1. The maximum absolute atomic E-state index is 12.1. The second-order valence-electron chi connectivity index (χ2n) is 6.77. The number of hydrogen-bond donors (Lipinski definition) is 1. The zero-order chi connectivity index (χ0) is 19.2. The first-order valence-corrected chi connectivity index (χ1v) is 9.16. The van der Waals surface area contributed by atoms with E-state index in [2.05, 4.69) is 41.5 Å². The van der Waals surface area contributed by atoms with E-state index in [9.17, 15) is 4.79 Å². The molecule has 1 amide bonds. The molecule has 1 aromatic carbocycles. The zero-order valence-electron chi connectivity index (χ0n) is 16.0. The molecule has 0 aliphatic rings. The van der Waals surface area contributed by atoms with Gasteiger partial charge in [0.2, 0.25) is 5.91 Å². The lowest BCUT2D eigenvalue weighted by Crippen LogP contribution is -2.07. The van der Waals surface area contributed by atoms with Crippen molar-refractivity contribution in [3.05, 3.63) is 71.8 Å². The van der Waals surface area contributed by atoms with Gasteiger partial charge in [0, 0.05) is 30.6 Å². The third-order valence-corrected chi connectivity index (χ3v) is 4.29. The van der Waals surface area contributed by atoms with Gasteiger partial charge in [0.1, 0.15) is 0 Å². The van der Waals surface area contributed by atoms with Crippen LogP contribution in [-0.2, 0) is 17.9 Å². The number of hydrogen-bond acceptors (Lipinski definition) is 3. The molecule has 0 atom stereocenters. The Kier molecular flexibility index (Phi) is 5.86. The van der Waals surface area contributed by atoms with Crippen LogP contribution in [0.25, 0.3) is 6.08 Å². The molecule has 0 fully saturated rings. The van der Waals surface area contributed by atoms with Gasteiger partial charge in [-0.1, -0.05) is 38.1 Å². The summed E-state index contributed by atoms with van der Waals surface area (Å²) in [6.45, 7) is 7.83. The van der Waals surface area contributed by atoms with Crippen LogP contribution in [0.15, 0.2) is 55.1 Å². The smallest absolute Gasteiger partial charge is 0.248 e. The van der Waals surface area contributed by atoms with Crippen molar-refractivity contribution in [2.45, 2.75) is 39.8 Å². The van der Waals surface area contributed by atoms with Crippen molar-refractivity contribution < 1.29 is 4.79 Å². The van der Waals surface area contributed by atoms with Gasteiger partial charge in [-0.25, -0.2) is 0 Å². The van der Waals surface area contributed by atoms with E-state index in [1.54, 1.807) is 10.9 Å². The standard InChI is InChI=1S/C21H25N5O/c1-4-25-13-18(11-22-25)14-26-15-20(12-23-26)24-21(27)10-7-17-5-8-19(9-6-17)16(2)3/h5-13,15-16H,4,14H2,1-3H3,(H,24,27)/b10-7+. The summed E-state index contributed by atoms with van der Waals surface area (Å²) in [6, 6.07) is 8.22. The number of aryl methyl sites for hydroxylation is 1. The largest absolute Gasteiger partial charge is 0.320 e. The second kappa shape index (κ2) is 8.49. The first-order chi connectivity index (χ1) is 13.0. The Bertz CT molecular complexity index is 918. The highest BCUT2D eigenvalue weighted by Crippen LogP contribution is 2.15. The minimum atomic E-state index is -0.179. The Morgan fingerprint density at radius 3 is 2.52 bits per heavy atom. The Hall–Kier alpha value is -3.15. The summed E-state index contributed by atoms with van der Waals surface area (Å²) >= 11 is 0. The van der Waals surface area contributed by atoms with Crippen molar-refractivity contribution in [2.24, 2.45) is 0 Å². The summed E-state index contributed by atoms with van der Waals surface area (Å²) in [5.74, 6) is 0.320. The lowest BCUT2D eigenvalue weighted by Gasteiger charge is -2.04. The number of rotatable bonds is 7. The SMILES string of the molecule is CCn1cc(Cn2cc(NC(=O)/C=C/c3ccc(C(C)C)cc3)cn2)cn1. The van der Waals surface area contributed by atoms with Crippen LogP contribution >= 0.6 is 0 Å². The highest BCUT2D eigenvalue weighted by Gasteiger charge is 2.04. The van der Waals surface area contributed by atoms with Crippen molar-refractivity contribution in [1.82, 2.24) is 19.6 Å². The lowest BCUT2D eigenvalue weighted by atomic mass is 10.0. The van der Waals surface area contributed by atoms with Crippen molar-refractivity contribution in [3.8, 4) is 0 Å². The van der Waals surface area contributed by atoms with Crippen molar-refractivity contribution in [1.29, 1.82) is 0 Å². The van der Waals surface area contributed by atoms with Crippen LogP contribution in [0.1, 0.15) is 43.4 Å². The molecule has 0 radical (unpaired) electrons. The number of carbonyl (C=O) groups is 1. The van der Waals surface area contributed by atoms with Crippen molar-refractivity contribution in [2.75, 3.05) is 5.32 Å². The third kappa shape index (κ3) is 5.17. The topological polar surface area (TPSA) is 64.7 Å². The van der Waals surface area contributed by atoms with Gasteiger partial charge in [-0.05, 0) is 30.0 Å². The Morgan fingerprint density at radius 2 is 1.85 bits per heavy atom. The Morgan fingerprint density at radius 1 is 1.11 bits per heavy atom. The van der Waals surface area contributed by atoms with Crippen LogP contribution in [0.3, 0.4) is 0 Å². The lowest BCUT2D eigenvalue weighted by molar-refractivity contribution is -0.111. The summed E-state index contributed by atoms with van der Waals surface area (Å²) < 4.78 is 3.65. The summed E-state index contributed by atoms with van der Waals surface area (Å²) in [5.41, 5.74) is 4.02. The van der Waals surface area contributed by atoms with E-state index in [1.807, 2.05) is 48.4 Å². The fourth-order valence-electron chi connectivity index (χ4n) is 2.71. The fraction of sp³-hybridized carbons (Fsp3) is 0.286. The van der Waals surface area contributed by atoms with E-state index in [4.69, 9.17) is 0 Å². The minimum Gasteiger partial charge on any atom is -0.320 e. The quantitative estimate of drug-likeness (QED) is 0.647. The molecule has 6 nitrogen and oxygen atoms in total. The molecule has 1 N–H and O–H groups in total. The molecule has 3 aromatic rings. The third-order valence-electron chi connectivity index (χ3n) is 4.29. The number of anilines is 1. The molecule has 27 heavy (non-hydrogen) atoms.